The molecule has 0 aliphatic heterocycles. The highest BCUT2D eigenvalue weighted by atomic mass is 19.2. The van der Waals surface area contributed by atoms with Gasteiger partial charge in [-0.25, -0.2) is 13.2 Å². The monoisotopic (exact) mass is 400 g/mol. The summed E-state index contributed by atoms with van der Waals surface area (Å²) in [6.45, 7) is 0. The lowest BCUT2D eigenvalue weighted by Crippen LogP contribution is -2.14. The molecule has 2 saturated carbocycles. The summed E-state index contributed by atoms with van der Waals surface area (Å²) >= 11 is 0. The van der Waals surface area contributed by atoms with Crippen LogP contribution in [0.4, 0.5) is 13.2 Å². The zero-order chi connectivity index (χ0) is 20.2. The Bertz CT molecular complexity index is 815. The summed E-state index contributed by atoms with van der Waals surface area (Å²) in [5.41, 5.74) is 1.74. The van der Waals surface area contributed by atoms with Crippen molar-refractivity contribution in [2.24, 2.45) is 11.8 Å². The molecule has 0 saturated heterocycles. The van der Waals surface area contributed by atoms with Crippen LogP contribution in [0, 0.1) is 29.3 Å². The van der Waals surface area contributed by atoms with Gasteiger partial charge in [-0.1, -0.05) is 63.1 Å². The van der Waals surface area contributed by atoms with Crippen molar-refractivity contribution in [3.63, 3.8) is 0 Å². The van der Waals surface area contributed by atoms with E-state index in [1.807, 2.05) is 6.07 Å². The van der Waals surface area contributed by atoms with Crippen molar-refractivity contribution in [1.82, 2.24) is 0 Å². The van der Waals surface area contributed by atoms with Crippen LogP contribution in [0.5, 0.6) is 0 Å². The summed E-state index contributed by atoms with van der Waals surface area (Å²) < 4.78 is 41.3. The van der Waals surface area contributed by atoms with Crippen LogP contribution in [-0.2, 0) is 0 Å². The highest BCUT2D eigenvalue weighted by molar-refractivity contribution is 5.64. The van der Waals surface area contributed by atoms with Gasteiger partial charge >= 0.3 is 0 Å². The first kappa shape index (κ1) is 20.5. The molecule has 3 heteroatoms. The Morgan fingerprint density at radius 2 is 1.34 bits per heavy atom. The highest BCUT2D eigenvalue weighted by Gasteiger charge is 2.24. The molecule has 0 N–H and O–H groups in total. The summed E-state index contributed by atoms with van der Waals surface area (Å²) in [6, 6.07) is 8.81. The van der Waals surface area contributed by atoms with Crippen LogP contribution < -0.4 is 0 Å². The maximum absolute atomic E-state index is 14.7. The molecular weight excluding hydrogens is 369 g/mol. The zero-order valence-electron chi connectivity index (χ0n) is 17.1. The molecule has 0 spiro atoms. The Kier molecular flexibility index (Phi) is 6.62. The van der Waals surface area contributed by atoms with E-state index in [2.05, 4.69) is 0 Å². The lowest BCUT2D eigenvalue weighted by Gasteiger charge is -2.29. The third kappa shape index (κ3) is 5.05. The molecule has 0 heterocycles. The maximum Gasteiger partial charge on any atom is 0.159 e. The van der Waals surface area contributed by atoms with Crippen LogP contribution in [0.1, 0.15) is 82.1 Å². The van der Waals surface area contributed by atoms with E-state index in [-0.39, 0.29) is 5.82 Å². The molecule has 0 radical (unpaired) electrons. The van der Waals surface area contributed by atoms with Gasteiger partial charge in [0.05, 0.1) is 0 Å². The summed E-state index contributed by atoms with van der Waals surface area (Å²) in [5, 5.41) is 0. The Hall–Kier alpha value is -1.77. The molecular formula is C26H31F3. The number of hydrogen-bond donors (Lipinski definition) is 0. The lowest BCUT2D eigenvalue weighted by molar-refractivity contribution is 0.295. The summed E-state index contributed by atoms with van der Waals surface area (Å²) in [7, 11) is 0. The van der Waals surface area contributed by atoms with Crippen molar-refractivity contribution < 1.29 is 13.2 Å². The van der Waals surface area contributed by atoms with Crippen molar-refractivity contribution in [3.8, 4) is 11.1 Å². The predicted molar refractivity (Wildman–Crippen MR) is 112 cm³/mol. The second kappa shape index (κ2) is 9.36. The second-order valence-electron chi connectivity index (χ2n) is 9.17. The van der Waals surface area contributed by atoms with Crippen LogP contribution in [0.2, 0.25) is 0 Å². The Morgan fingerprint density at radius 3 is 2.00 bits per heavy atom. The summed E-state index contributed by atoms with van der Waals surface area (Å²) in [4.78, 5) is 0. The van der Waals surface area contributed by atoms with Crippen LogP contribution in [0.3, 0.4) is 0 Å². The smallest absolute Gasteiger partial charge is 0.159 e. The Morgan fingerprint density at radius 1 is 0.655 bits per heavy atom. The van der Waals surface area contributed by atoms with Crippen LogP contribution >= 0.6 is 0 Å². The molecule has 2 fully saturated rings. The molecule has 0 unspecified atom stereocenters. The average Bonchev–Trinajstić information content (AvgIpc) is 3.24. The number of benzene rings is 2. The minimum absolute atomic E-state index is 0.327. The minimum Gasteiger partial charge on any atom is -0.206 e. The van der Waals surface area contributed by atoms with E-state index in [4.69, 9.17) is 0 Å². The molecule has 2 aliphatic rings. The summed E-state index contributed by atoms with van der Waals surface area (Å²) in [6.07, 6.45) is 14.6. The SMILES string of the molecule is Fc1ccc(-c2ccc(C3CCC(CCCC4CCCC4)CC3)cc2F)cc1F. The molecule has 0 nitrogen and oxygen atoms in total. The van der Waals surface area contributed by atoms with Crippen LogP contribution in [0.15, 0.2) is 36.4 Å². The molecule has 0 aromatic heterocycles. The normalized spacial score (nSPS) is 22.9. The van der Waals surface area contributed by atoms with Gasteiger partial charge in [-0.05, 0) is 72.8 Å². The van der Waals surface area contributed by atoms with Crippen molar-refractivity contribution in [3.05, 3.63) is 59.4 Å². The lowest BCUT2D eigenvalue weighted by atomic mass is 9.76. The van der Waals surface area contributed by atoms with Gasteiger partial charge in [0, 0.05) is 5.56 Å². The van der Waals surface area contributed by atoms with Gasteiger partial charge in [-0.2, -0.15) is 0 Å². The Balaban J connectivity index is 1.31. The molecule has 2 aromatic rings. The van der Waals surface area contributed by atoms with Crippen molar-refractivity contribution in [2.45, 2.75) is 76.5 Å². The number of rotatable bonds is 6. The molecule has 4 rings (SSSR count). The summed E-state index contributed by atoms with van der Waals surface area (Å²) in [5.74, 6) is 0.0196. The van der Waals surface area contributed by atoms with Crippen molar-refractivity contribution in [1.29, 1.82) is 0 Å². The van der Waals surface area contributed by atoms with E-state index in [0.29, 0.717) is 17.0 Å². The second-order valence-corrected chi connectivity index (χ2v) is 9.17. The molecule has 0 bridgehead atoms. The van der Waals surface area contributed by atoms with E-state index >= 15 is 0 Å². The van der Waals surface area contributed by atoms with Crippen molar-refractivity contribution in [2.75, 3.05) is 0 Å². The van der Waals surface area contributed by atoms with Gasteiger partial charge in [0.15, 0.2) is 11.6 Å². The Labute approximate surface area is 172 Å². The first-order valence-corrected chi connectivity index (χ1v) is 11.3. The van der Waals surface area contributed by atoms with Gasteiger partial charge in [0.2, 0.25) is 0 Å². The fourth-order valence-electron chi connectivity index (χ4n) is 5.46. The van der Waals surface area contributed by atoms with Crippen LogP contribution in [-0.4, -0.2) is 0 Å². The quantitative estimate of drug-likeness (QED) is 0.456. The first-order valence-electron chi connectivity index (χ1n) is 11.3. The fraction of sp³-hybridized carbons (Fsp3) is 0.538. The van der Waals surface area contributed by atoms with E-state index in [1.54, 1.807) is 12.1 Å². The van der Waals surface area contributed by atoms with E-state index in [0.717, 1.165) is 42.4 Å². The van der Waals surface area contributed by atoms with E-state index < -0.39 is 11.6 Å². The average molecular weight is 401 g/mol. The van der Waals surface area contributed by atoms with Crippen molar-refractivity contribution >= 4 is 0 Å². The minimum atomic E-state index is -0.947. The topological polar surface area (TPSA) is 0 Å². The zero-order valence-corrected chi connectivity index (χ0v) is 17.1. The van der Waals surface area contributed by atoms with Crippen LogP contribution in [0.25, 0.3) is 11.1 Å². The standard InChI is InChI=1S/C26H31F3/c27-24-15-13-22(17-26(24)29)23-14-12-21(16-25(23)28)20-10-8-19(9-11-20)7-3-6-18-4-1-2-5-18/h12-20H,1-11H2. The van der Waals surface area contributed by atoms with Gasteiger partial charge < -0.3 is 0 Å². The van der Waals surface area contributed by atoms with Gasteiger partial charge in [0.1, 0.15) is 5.82 Å². The highest BCUT2D eigenvalue weighted by Crippen LogP contribution is 2.39. The molecule has 2 aliphatic carbocycles. The number of halogens is 3. The van der Waals surface area contributed by atoms with Gasteiger partial charge in [-0.15, -0.1) is 0 Å². The molecule has 2 aromatic carbocycles. The predicted octanol–water partition coefficient (Wildman–Crippen LogP) is 8.41. The van der Waals surface area contributed by atoms with E-state index in [9.17, 15) is 13.2 Å². The molecule has 0 atom stereocenters. The molecule has 29 heavy (non-hydrogen) atoms. The molecule has 156 valence electrons. The largest absolute Gasteiger partial charge is 0.206 e. The third-order valence-corrected chi connectivity index (χ3v) is 7.24. The maximum atomic E-state index is 14.7. The first-order chi connectivity index (χ1) is 14.1. The number of hydrogen-bond acceptors (Lipinski definition) is 0. The molecule has 0 amide bonds. The van der Waals surface area contributed by atoms with Gasteiger partial charge in [0.25, 0.3) is 0 Å². The van der Waals surface area contributed by atoms with E-state index in [1.165, 1.54) is 63.9 Å². The third-order valence-electron chi connectivity index (χ3n) is 7.24. The fourth-order valence-corrected chi connectivity index (χ4v) is 5.46. The van der Waals surface area contributed by atoms with Gasteiger partial charge in [-0.3, -0.25) is 0 Å².